The van der Waals surface area contributed by atoms with Crippen molar-refractivity contribution in [1.82, 2.24) is 14.9 Å². The summed E-state index contributed by atoms with van der Waals surface area (Å²) < 4.78 is 13.6. The molecule has 0 unspecified atom stereocenters. The van der Waals surface area contributed by atoms with Crippen LogP contribution >= 0.6 is 11.8 Å². The van der Waals surface area contributed by atoms with Crippen molar-refractivity contribution in [2.24, 2.45) is 5.10 Å². The molecule has 7 heteroatoms. The minimum Gasteiger partial charge on any atom is -0.490 e. The van der Waals surface area contributed by atoms with Gasteiger partial charge in [0.1, 0.15) is 6.61 Å². The Kier molecular flexibility index (Phi) is 7.30. The van der Waals surface area contributed by atoms with Crippen molar-refractivity contribution in [3.05, 3.63) is 65.0 Å². The van der Waals surface area contributed by atoms with Gasteiger partial charge in [0.2, 0.25) is 5.16 Å². The van der Waals surface area contributed by atoms with Crippen LogP contribution in [0.1, 0.15) is 36.4 Å². The van der Waals surface area contributed by atoms with Crippen molar-refractivity contribution in [3.8, 4) is 11.5 Å². The normalized spacial score (nSPS) is 11.2. The van der Waals surface area contributed by atoms with Crippen LogP contribution in [0.25, 0.3) is 0 Å². The number of thioether (sulfide) groups is 1. The molecular formula is C22H26N4O2S. The first-order valence-electron chi connectivity index (χ1n) is 9.62. The molecule has 3 aromatic rings. The van der Waals surface area contributed by atoms with Crippen molar-refractivity contribution in [2.45, 2.75) is 39.0 Å². The van der Waals surface area contributed by atoms with Crippen LogP contribution in [-0.4, -0.2) is 34.0 Å². The molecule has 29 heavy (non-hydrogen) atoms. The van der Waals surface area contributed by atoms with Crippen LogP contribution in [0.15, 0.2) is 52.7 Å². The molecule has 0 atom stereocenters. The second-order valence-corrected chi connectivity index (χ2v) is 7.20. The zero-order valence-corrected chi connectivity index (χ0v) is 18.1. The molecule has 0 saturated heterocycles. The SMILES string of the molecule is CCOc1cc(/C=N\n2c(CC)nnc2SC)ccc1OCc1ccc(C)cc1. The summed E-state index contributed by atoms with van der Waals surface area (Å²) in [5, 5.41) is 13.7. The highest BCUT2D eigenvalue weighted by Gasteiger charge is 2.09. The molecule has 6 nitrogen and oxygen atoms in total. The number of aryl methyl sites for hydroxylation is 2. The molecular weight excluding hydrogens is 384 g/mol. The van der Waals surface area contributed by atoms with Gasteiger partial charge in [-0.3, -0.25) is 0 Å². The van der Waals surface area contributed by atoms with Crippen LogP contribution in [0.2, 0.25) is 0 Å². The molecule has 0 aliphatic rings. The Hall–Kier alpha value is -2.80. The van der Waals surface area contributed by atoms with Crippen molar-refractivity contribution < 1.29 is 9.47 Å². The minimum absolute atomic E-state index is 0.492. The fraction of sp³-hybridized carbons (Fsp3) is 0.318. The van der Waals surface area contributed by atoms with Crippen LogP contribution in [-0.2, 0) is 13.0 Å². The topological polar surface area (TPSA) is 61.5 Å². The summed E-state index contributed by atoms with van der Waals surface area (Å²) in [5.41, 5.74) is 3.27. The number of benzene rings is 2. The Morgan fingerprint density at radius 2 is 1.83 bits per heavy atom. The third-order valence-corrected chi connectivity index (χ3v) is 4.90. The van der Waals surface area contributed by atoms with Crippen LogP contribution in [0.3, 0.4) is 0 Å². The lowest BCUT2D eigenvalue weighted by Crippen LogP contribution is -2.01. The van der Waals surface area contributed by atoms with Gasteiger partial charge in [-0.05, 0) is 49.4 Å². The number of hydrogen-bond donors (Lipinski definition) is 0. The summed E-state index contributed by atoms with van der Waals surface area (Å²) in [6.07, 6.45) is 4.51. The molecule has 0 radical (unpaired) electrons. The van der Waals surface area contributed by atoms with Crippen LogP contribution in [0, 0.1) is 6.92 Å². The van der Waals surface area contributed by atoms with E-state index in [0.717, 1.165) is 28.5 Å². The zero-order chi connectivity index (χ0) is 20.6. The highest BCUT2D eigenvalue weighted by molar-refractivity contribution is 7.98. The van der Waals surface area contributed by atoms with Crippen molar-refractivity contribution in [2.75, 3.05) is 12.9 Å². The van der Waals surface area contributed by atoms with Crippen LogP contribution in [0.5, 0.6) is 11.5 Å². The lowest BCUT2D eigenvalue weighted by molar-refractivity contribution is 0.269. The van der Waals surface area contributed by atoms with Crippen molar-refractivity contribution in [3.63, 3.8) is 0 Å². The third kappa shape index (κ3) is 5.38. The first kappa shape index (κ1) is 20.9. The summed E-state index contributed by atoms with van der Waals surface area (Å²) >= 11 is 1.52. The molecule has 152 valence electrons. The van der Waals surface area contributed by atoms with Crippen molar-refractivity contribution in [1.29, 1.82) is 0 Å². The lowest BCUT2D eigenvalue weighted by Gasteiger charge is -2.13. The number of hydrogen-bond acceptors (Lipinski definition) is 6. The summed E-state index contributed by atoms with van der Waals surface area (Å²) in [6, 6.07) is 14.1. The van der Waals surface area contributed by atoms with E-state index in [1.54, 1.807) is 10.9 Å². The van der Waals surface area contributed by atoms with Crippen LogP contribution in [0.4, 0.5) is 0 Å². The summed E-state index contributed by atoms with van der Waals surface area (Å²) in [4.78, 5) is 0. The maximum atomic E-state index is 6.00. The number of nitrogens with zero attached hydrogens (tertiary/aromatic N) is 4. The van der Waals surface area contributed by atoms with Gasteiger partial charge in [-0.1, -0.05) is 48.5 Å². The molecule has 1 aromatic heterocycles. The zero-order valence-electron chi connectivity index (χ0n) is 17.3. The van der Waals surface area contributed by atoms with Gasteiger partial charge < -0.3 is 9.47 Å². The number of ether oxygens (including phenoxy) is 2. The van der Waals surface area contributed by atoms with Gasteiger partial charge >= 0.3 is 0 Å². The Morgan fingerprint density at radius 1 is 1.03 bits per heavy atom. The van der Waals surface area contributed by atoms with E-state index in [1.165, 1.54) is 17.3 Å². The fourth-order valence-electron chi connectivity index (χ4n) is 2.72. The van der Waals surface area contributed by atoms with Gasteiger partial charge in [0.05, 0.1) is 12.8 Å². The number of rotatable bonds is 9. The average Bonchev–Trinajstić information content (AvgIpc) is 3.15. The summed E-state index contributed by atoms with van der Waals surface area (Å²) in [6.45, 7) is 7.12. The van der Waals surface area contributed by atoms with Gasteiger partial charge in [0, 0.05) is 6.42 Å². The highest BCUT2D eigenvalue weighted by atomic mass is 32.2. The first-order chi connectivity index (χ1) is 14.1. The monoisotopic (exact) mass is 410 g/mol. The van der Waals surface area contributed by atoms with E-state index in [2.05, 4.69) is 46.5 Å². The van der Waals surface area contributed by atoms with E-state index >= 15 is 0 Å². The largest absolute Gasteiger partial charge is 0.490 e. The molecule has 0 saturated carbocycles. The molecule has 3 rings (SSSR count). The molecule has 0 spiro atoms. The van der Waals surface area contributed by atoms with Crippen LogP contribution < -0.4 is 9.47 Å². The Morgan fingerprint density at radius 3 is 2.52 bits per heavy atom. The Bertz CT molecular complexity index is 946. The van der Waals surface area contributed by atoms with E-state index < -0.39 is 0 Å². The fourth-order valence-corrected chi connectivity index (χ4v) is 3.17. The Balaban J connectivity index is 1.78. The molecule has 0 aliphatic carbocycles. The molecule has 0 fully saturated rings. The second-order valence-electron chi connectivity index (χ2n) is 6.43. The van der Waals surface area contributed by atoms with E-state index in [1.807, 2.05) is 38.3 Å². The summed E-state index contributed by atoms with van der Waals surface area (Å²) in [5.74, 6) is 2.25. The smallest absolute Gasteiger partial charge is 0.211 e. The first-order valence-corrected chi connectivity index (χ1v) is 10.8. The number of aromatic nitrogens is 3. The van der Waals surface area contributed by atoms with E-state index in [-0.39, 0.29) is 0 Å². The van der Waals surface area contributed by atoms with Gasteiger partial charge in [-0.25, -0.2) is 0 Å². The standard InChI is InChI=1S/C22H26N4O2S/c1-5-21-24-25-22(29-4)26(21)23-14-18-11-12-19(20(13-18)27-6-2)28-15-17-9-7-16(3)8-10-17/h7-14H,5-6,15H2,1-4H3/b23-14-. The summed E-state index contributed by atoms with van der Waals surface area (Å²) in [7, 11) is 0. The third-order valence-electron chi connectivity index (χ3n) is 4.28. The second kappa shape index (κ2) is 10.1. The van der Waals surface area contributed by atoms with E-state index in [0.29, 0.717) is 24.7 Å². The maximum absolute atomic E-state index is 6.00. The Labute approximate surface area is 176 Å². The quantitative estimate of drug-likeness (QED) is 0.377. The van der Waals surface area contributed by atoms with E-state index in [4.69, 9.17) is 9.47 Å². The molecule has 2 aromatic carbocycles. The van der Waals surface area contributed by atoms with Gasteiger partial charge in [-0.2, -0.15) is 9.78 Å². The van der Waals surface area contributed by atoms with Crippen molar-refractivity contribution >= 4 is 18.0 Å². The molecule has 0 bridgehead atoms. The molecule has 0 aliphatic heterocycles. The maximum Gasteiger partial charge on any atom is 0.211 e. The molecule has 0 N–H and O–H groups in total. The average molecular weight is 411 g/mol. The minimum atomic E-state index is 0.492. The molecule has 0 amide bonds. The lowest BCUT2D eigenvalue weighted by atomic mass is 10.2. The van der Waals surface area contributed by atoms with E-state index in [9.17, 15) is 0 Å². The predicted molar refractivity (Wildman–Crippen MR) is 117 cm³/mol. The molecule has 1 heterocycles. The predicted octanol–water partition coefficient (Wildman–Crippen LogP) is 4.73. The van der Waals surface area contributed by atoms with Gasteiger partial charge in [0.25, 0.3) is 0 Å². The highest BCUT2D eigenvalue weighted by Crippen LogP contribution is 2.29. The van der Waals surface area contributed by atoms with Gasteiger partial charge in [0.15, 0.2) is 17.3 Å². The van der Waals surface area contributed by atoms with Gasteiger partial charge in [-0.15, -0.1) is 10.2 Å².